The van der Waals surface area contributed by atoms with Crippen molar-refractivity contribution < 1.29 is 14.9 Å². The van der Waals surface area contributed by atoms with Crippen molar-refractivity contribution in [1.29, 1.82) is 0 Å². The summed E-state index contributed by atoms with van der Waals surface area (Å²) in [6.45, 7) is 7.49. The third-order valence-corrected chi connectivity index (χ3v) is 2.09. The molecule has 14 heavy (non-hydrogen) atoms. The molecule has 2 N–H and O–H groups in total. The Labute approximate surface area is 87.1 Å². The Balaban J connectivity index is 3.84. The van der Waals surface area contributed by atoms with Gasteiger partial charge < -0.3 is 14.9 Å². The smallest absolute Gasteiger partial charge is 0.266 e. The first-order valence-electron chi connectivity index (χ1n) is 5.39. The number of aliphatic hydroxyl groups is 2. The van der Waals surface area contributed by atoms with Gasteiger partial charge in [0.25, 0.3) is 6.48 Å². The van der Waals surface area contributed by atoms with E-state index in [0.717, 1.165) is 12.8 Å². The maximum atomic E-state index is 8.60. The Bertz CT molecular complexity index is 122. The highest BCUT2D eigenvalue weighted by atomic mass is 16.7. The van der Waals surface area contributed by atoms with Crippen LogP contribution in [0.5, 0.6) is 0 Å². The van der Waals surface area contributed by atoms with E-state index in [1.165, 1.54) is 0 Å². The molecule has 0 spiro atoms. The van der Waals surface area contributed by atoms with Crippen molar-refractivity contribution in [1.82, 2.24) is 0 Å². The quantitative estimate of drug-likeness (QED) is 0.623. The first-order chi connectivity index (χ1) is 6.41. The van der Waals surface area contributed by atoms with Gasteiger partial charge in [-0.2, -0.15) is 0 Å². The second kappa shape index (κ2) is 7.21. The molecule has 0 saturated carbocycles. The Morgan fingerprint density at radius 3 is 1.64 bits per heavy atom. The summed E-state index contributed by atoms with van der Waals surface area (Å²) in [5.74, 6) is 1.67. The molecule has 3 heteroatoms. The molecule has 0 rings (SSSR count). The first kappa shape index (κ1) is 13.9. The van der Waals surface area contributed by atoms with Crippen molar-refractivity contribution in [2.24, 2.45) is 17.8 Å². The van der Waals surface area contributed by atoms with Gasteiger partial charge in [0.05, 0.1) is 6.61 Å². The van der Waals surface area contributed by atoms with Gasteiger partial charge in [0, 0.05) is 0 Å². The van der Waals surface area contributed by atoms with E-state index < -0.39 is 6.48 Å². The molecule has 0 aliphatic heterocycles. The fraction of sp³-hybridized carbons (Fsp3) is 1.00. The van der Waals surface area contributed by atoms with Gasteiger partial charge in [-0.25, -0.2) is 0 Å². The molecule has 0 fully saturated rings. The van der Waals surface area contributed by atoms with Crippen molar-refractivity contribution in [2.75, 3.05) is 6.61 Å². The van der Waals surface area contributed by atoms with Gasteiger partial charge in [-0.15, -0.1) is 0 Å². The monoisotopic (exact) mass is 204 g/mol. The average Bonchev–Trinajstić information content (AvgIpc) is 1.97. The summed E-state index contributed by atoms with van der Waals surface area (Å²) in [6, 6.07) is 0. The maximum absolute atomic E-state index is 8.60. The van der Waals surface area contributed by atoms with Gasteiger partial charge in [0.2, 0.25) is 0 Å². The van der Waals surface area contributed by atoms with Gasteiger partial charge in [0.15, 0.2) is 0 Å². The van der Waals surface area contributed by atoms with Crippen LogP contribution in [0.25, 0.3) is 0 Å². The lowest BCUT2D eigenvalue weighted by Crippen LogP contribution is -2.20. The molecule has 86 valence electrons. The molecule has 0 saturated heterocycles. The van der Waals surface area contributed by atoms with E-state index in [0.29, 0.717) is 24.4 Å². The molecular formula is C11H24O3. The zero-order chi connectivity index (χ0) is 11.1. The molecule has 0 unspecified atom stereocenters. The zero-order valence-corrected chi connectivity index (χ0v) is 9.73. The molecule has 0 atom stereocenters. The van der Waals surface area contributed by atoms with Crippen LogP contribution in [0.15, 0.2) is 0 Å². The maximum Gasteiger partial charge on any atom is 0.266 e. The van der Waals surface area contributed by atoms with Crippen LogP contribution in [-0.4, -0.2) is 23.3 Å². The summed E-state index contributed by atoms with van der Waals surface area (Å²) in [6.07, 6.45) is 2.15. The van der Waals surface area contributed by atoms with Gasteiger partial charge in [-0.05, 0) is 30.6 Å². The predicted octanol–water partition coefficient (Wildman–Crippen LogP) is 1.98. The highest BCUT2D eigenvalue weighted by molar-refractivity contribution is 4.63. The normalized spacial score (nSPS) is 12.4. The number of hydrogen-bond acceptors (Lipinski definition) is 3. The second-order valence-electron chi connectivity index (χ2n) is 4.78. The summed E-state index contributed by atoms with van der Waals surface area (Å²) in [5.41, 5.74) is 0. The van der Waals surface area contributed by atoms with E-state index >= 15 is 0 Å². The van der Waals surface area contributed by atoms with Gasteiger partial charge in [0.1, 0.15) is 0 Å². The van der Waals surface area contributed by atoms with Crippen LogP contribution < -0.4 is 0 Å². The Hall–Kier alpha value is -0.120. The van der Waals surface area contributed by atoms with Crippen LogP contribution >= 0.6 is 0 Å². The van der Waals surface area contributed by atoms with E-state index in [4.69, 9.17) is 14.9 Å². The topological polar surface area (TPSA) is 49.7 Å². The standard InChI is InChI=1S/C11H24O3/c1-8(2)5-10(6-9(3)4)7-14-11(12)13/h8-13H,5-7H2,1-4H3. The molecule has 0 aromatic carbocycles. The first-order valence-corrected chi connectivity index (χ1v) is 5.39. The summed E-state index contributed by atoms with van der Waals surface area (Å²) in [4.78, 5) is 0. The average molecular weight is 204 g/mol. The lowest BCUT2D eigenvalue weighted by molar-refractivity contribution is -0.240. The second-order valence-corrected chi connectivity index (χ2v) is 4.78. The molecule has 0 radical (unpaired) electrons. The lowest BCUT2D eigenvalue weighted by Gasteiger charge is -2.21. The minimum atomic E-state index is -1.63. The molecule has 0 aromatic heterocycles. The highest BCUT2D eigenvalue weighted by Crippen LogP contribution is 2.20. The zero-order valence-electron chi connectivity index (χ0n) is 9.73. The van der Waals surface area contributed by atoms with E-state index in [1.807, 2.05) is 0 Å². The van der Waals surface area contributed by atoms with Crippen LogP contribution in [0.2, 0.25) is 0 Å². The minimum absolute atomic E-state index is 0.428. The third-order valence-electron chi connectivity index (χ3n) is 2.09. The van der Waals surface area contributed by atoms with Crippen molar-refractivity contribution in [3.05, 3.63) is 0 Å². The van der Waals surface area contributed by atoms with Crippen LogP contribution in [0.3, 0.4) is 0 Å². The Morgan fingerprint density at radius 1 is 0.929 bits per heavy atom. The number of rotatable bonds is 7. The SMILES string of the molecule is CC(C)CC(COC(O)O)CC(C)C. The molecule has 0 bridgehead atoms. The van der Waals surface area contributed by atoms with Crippen molar-refractivity contribution in [3.8, 4) is 0 Å². The molecular weight excluding hydrogens is 180 g/mol. The molecule has 0 heterocycles. The molecule has 3 nitrogen and oxygen atoms in total. The molecule has 0 aliphatic carbocycles. The van der Waals surface area contributed by atoms with Gasteiger partial charge >= 0.3 is 0 Å². The minimum Gasteiger partial charge on any atom is -0.346 e. The Morgan fingerprint density at radius 2 is 1.36 bits per heavy atom. The van der Waals surface area contributed by atoms with Crippen LogP contribution in [0.4, 0.5) is 0 Å². The van der Waals surface area contributed by atoms with Crippen LogP contribution in [0.1, 0.15) is 40.5 Å². The molecule has 0 amide bonds. The summed E-state index contributed by atoms with van der Waals surface area (Å²) < 4.78 is 4.82. The van der Waals surface area contributed by atoms with Crippen LogP contribution in [0, 0.1) is 17.8 Å². The van der Waals surface area contributed by atoms with Gasteiger partial charge in [-0.3, -0.25) is 0 Å². The van der Waals surface area contributed by atoms with Crippen molar-refractivity contribution in [3.63, 3.8) is 0 Å². The van der Waals surface area contributed by atoms with E-state index in [-0.39, 0.29) is 0 Å². The van der Waals surface area contributed by atoms with E-state index in [1.54, 1.807) is 0 Å². The van der Waals surface area contributed by atoms with Crippen molar-refractivity contribution in [2.45, 2.75) is 47.0 Å². The Kier molecular flexibility index (Phi) is 7.15. The molecule has 0 aliphatic rings. The lowest BCUT2D eigenvalue weighted by atomic mass is 9.90. The highest BCUT2D eigenvalue weighted by Gasteiger charge is 2.14. The van der Waals surface area contributed by atoms with E-state index in [9.17, 15) is 0 Å². The fourth-order valence-electron chi connectivity index (χ4n) is 1.79. The van der Waals surface area contributed by atoms with Gasteiger partial charge in [-0.1, -0.05) is 27.7 Å². The number of aliphatic hydroxyl groups excluding tert-OH is 1. The predicted molar refractivity (Wildman–Crippen MR) is 56.6 cm³/mol. The fourth-order valence-corrected chi connectivity index (χ4v) is 1.79. The van der Waals surface area contributed by atoms with E-state index in [2.05, 4.69) is 27.7 Å². The van der Waals surface area contributed by atoms with Crippen LogP contribution in [-0.2, 0) is 4.74 Å². The summed E-state index contributed by atoms with van der Waals surface area (Å²) in [5, 5.41) is 17.2. The van der Waals surface area contributed by atoms with Crippen molar-refractivity contribution >= 4 is 0 Å². The largest absolute Gasteiger partial charge is 0.346 e. The third kappa shape index (κ3) is 8.48. The molecule has 0 aromatic rings. The summed E-state index contributed by atoms with van der Waals surface area (Å²) in [7, 11) is 0. The summed E-state index contributed by atoms with van der Waals surface area (Å²) >= 11 is 0. The number of hydrogen-bond donors (Lipinski definition) is 2. The number of ether oxygens (including phenoxy) is 1.